The van der Waals surface area contributed by atoms with Crippen LogP contribution in [0.2, 0.25) is 5.02 Å². The average molecular weight is 593 g/mol. The van der Waals surface area contributed by atoms with E-state index in [1.807, 2.05) is 0 Å². The molecule has 35 heavy (non-hydrogen) atoms. The highest BCUT2D eigenvalue weighted by molar-refractivity contribution is 9.10. The number of methoxy groups -OCH3 is 1. The number of nitrogens with zero attached hydrogens (tertiary/aromatic N) is 2. The van der Waals surface area contributed by atoms with Crippen molar-refractivity contribution >= 4 is 49.0 Å². The van der Waals surface area contributed by atoms with Crippen LogP contribution in [0.5, 0.6) is 5.75 Å². The van der Waals surface area contributed by atoms with Gasteiger partial charge in [-0.25, -0.2) is 8.42 Å². The number of halogens is 5. The van der Waals surface area contributed by atoms with Crippen molar-refractivity contribution in [1.29, 1.82) is 0 Å². The van der Waals surface area contributed by atoms with Crippen LogP contribution in [0.15, 0.2) is 56.7 Å². The Hall–Kier alpha value is -2.57. The monoisotopic (exact) mass is 591 g/mol. The van der Waals surface area contributed by atoms with Crippen molar-refractivity contribution in [1.82, 2.24) is 9.78 Å². The molecule has 7 nitrogen and oxygen atoms in total. The van der Waals surface area contributed by atoms with Crippen LogP contribution >= 0.6 is 27.5 Å². The lowest BCUT2D eigenvalue weighted by Crippen LogP contribution is -2.21. The molecule has 2 aromatic carbocycles. The van der Waals surface area contributed by atoms with Crippen molar-refractivity contribution in [2.24, 2.45) is 0 Å². The van der Waals surface area contributed by atoms with Gasteiger partial charge in [-0.3, -0.25) is 9.48 Å². The molecule has 0 aliphatic heterocycles. The van der Waals surface area contributed by atoms with Gasteiger partial charge in [-0.1, -0.05) is 11.6 Å². The minimum atomic E-state index is -4.68. The number of hydrogen-bond donors (Lipinski definition) is 1. The quantitative estimate of drug-likeness (QED) is 0.382. The van der Waals surface area contributed by atoms with E-state index in [0.29, 0.717) is 23.6 Å². The Morgan fingerprint density at radius 3 is 2.43 bits per heavy atom. The van der Waals surface area contributed by atoms with E-state index >= 15 is 0 Å². The fraction of sp³-hybridized carbons (Fsp3) is 0.273. The predicted octanol–water partition coefficient (Wildman–Crippen LogP) is 5.68. The van der Waals surface area contributed by atoms with Gasteiger partial charge in [0.05, 0.1) is 27.1 Å². The number of ether oxygens (including phenoxy) is 1. The SMILES string of the molecule is COc1cc(NC(=O)Cn2nc(C(F)(F)F)c(Br)c2C2CC2)cc(S(=O)(=O)c2ccc(Cl)cc2)c1. The zero-order valence-corrected chi connectivity index (χ0v) is 21.2. The molecule has 1 fully saturated rings. The van der Waals surface area contributed by atoms with E-state index in [9.17, 15) is 26.4 Å². The molecule has 1 aromatic heterocycles. The number of alkyl halides is 3. The molecule has 1 amide bonds. The van der Waals surface area contributed by atoms with Crippen LogP contribution in [0.25, 0.3) is 0 Å². The first-order chi connectivity index (χ1) is 16.4. The zero-order chi connectivity index (χ0) is 25.5. The summed E-state index contributed by atoms with van der Waals surface area (Å²) in [5, 5.41) is 6.51. The minimum Gasteiger partial charge on any atom is -0.497 e. The predicted molar refractivity (Wildman–Crippen MR) is 125 cm³/mol. The van der Waals surface area contributed by atoms with Gasteiger partial charge in [-0.15, -0.1) is 0 Å². The van der Waals surface area contributed by atoms with Gasteiger partial charge in [0.1, 0.15) is 12.3 Å². The summed E-state index contributed by atoms with van der Waals surface area (Å²) in [7, 11) is -2.64. The van der Waals surface area contributed by atoms with Gasteiger partial charge >= 0.3 is 6.18 Å². The first-order valence-corrected chi connectivity index (χ1v) is 12.9. The molecule has 1 saturated carbocycles. The summed E-state index contributed by atoms with van der Waals surface area (Å²) in [4.78, 5) is 12.6. The van der Waals surface area contributed by atoms with E-state index in [0.717, 1.165) is 4.68 Å². The molecule has 0 saturated heterocycles. The second kappa shape index (κ2) is 9.47. The lowest BCUT2D eigenvalue weighted by atomic mass is 10.2. The van der Waals surface area contributed by atoms with Gasteiger partial charge in [0.25, 0.3) is 0 Å². The van der Waals surface area contributed by atoms with Gasteiger partial charge in [-0.05, 0) is 65.2 Å². The molecule has 1 heterocycles. The maximum absolute atomic E-state index is 13.3. The normalized spacial score (nSPS) is 14.1. The number of nitrogens with one attached hydrogen (secondary N) is 1. The molecule has 3 aromatic rings. The Bertz CT molecular complexity index is 1390. The molecular formula is C22H18BrClF3N3O4S. The maximum Gasteiger partial charge on any atom is 0.436 e. The summed E-state index contributed by atoms with van der Waals surface area (Å²) in [6.45, 7) is -0.489. The second-order valence-electron chi connectivity index (χ2n) is 7.88. The first kappa shape index (κ1) is 25.5. The third-order valence-electron chi connectivity index (χ3n) is 5.29. The van der Waals surface area contributed by atoms with E-state index in [4.69, 9.17) is 16.3 Å². The van der Waals surface area contributed by atoms with Crippen LogP contribution in [0, 0.1) is 0 Å². The van der Waals surface area contributed by atoms with E-state index in [-0.39, 0.29) is 31.6 Å². The van der Waals surface area contributed by atoms with E-state index in [1.165, 1.54) is 49.6 Å². The van der Waals surface area contributed by atoms with Crippen molar-refractivity contribution in [3.8, 4) is 5.75 Å². The summed E-state index contributed by atoms with van der Waals surface area (Å²) < 4.78 is 72.2. The number of amides is 1. The summed E-state index contributed by atoms with van der Waals surface area (Å²) in [5.41, 5.74) is -0.689. The summed E-state index contributed by atoms with van der Waals surface area (Å²) in [5.74, 6) is -0.636. The lowest BCUT2D eigenvalue weighted by Gasteiger charge is -2.12. The first-order valence-electron chi connectivity index (χ1n) is 10.2. The van der Waals surface area contributed by atoms with E-state index in [2.05, 4.69) is 26.3 Å². The van der Waals surface area contributed by atoms with E-state index in [1.54, 1.807) is 0 Å². The highest BCUT2D eigenvalue weighted by Gasteiger charge is 2.42. The molecule has 186 valence electrons. The Kier molecular flexibility index (Phi) is 6.91. The largest absolute Gasteiger partial charge is 0.497 e. The number of carbonyl (C=O) groups excluding carboxylic acids is 1. The van der Waals surface area contributed by atoms with Crippen LogP contribution in [0.4, 0.5) is 18.9 Å². The second-order valence-corrected chi connectivity index (χ2v) is 11.1. The highest BCUT2D eigenvalue weighted by atomic mass is 79.9. The Balaban J connectivity index is 1.62. The zero-order valence-electron chi connectivity index (χ0n) is 18.1. The number of anilines is 1. The molecule has 0 atom stereocenters. The van der Waals surface area contributed by atoms with Crippen LogP contribution in [0.3, 0.4) is 0 Å². The van der Waals surface area contributed by atoms with Gasteiger partial charge in [-0.2, -0.15) is 18.3 Å². The molecular weight excluding hydrogens is 575 g/mol. The number of carbonyl (C=O) groups is 1. The smallest absolute Gasteiger partial charge is 0.436 e. The highest BCUT2D eigenvalue weighted by Crippen LogP contribution is 2.47. The van der Waals surface area contributed by atoms with Crippen molar-refractivity contribution in [3.63, 3.8) is 0 Å². The molecule has 0 bridgehead atoms. The fourth-order valence-corrected chi connectivity index (χ4v) is 5.78. The van der Waals surface area contributed by atoms with Crippen LogP contribution in [-0.4, -0.2) is 31.2 Å². The topological polar surface area (TPSA) is 90.3 Å². The van der Waals surface area contributed by atoms with Crippen LogP contribution < -0.4 is 10.1 Å². The fourth-order valence-electron chi connectivity index (χ4n) is 3.50. The molecule has 0 unspecified atom stereocenters. The summed E-state index contributed by atoms with van der Waals surface area (Å²) in [6, 6.07) is 9.52. The molecule has 4 rings (SSSR count). The van der Waals surface area contributed by atoms with Gasteiger partial charge < -0.3 is 10.1 Å². The van der Waals surface area contributed by atoms with Crippen LogP contribution in [-0.2, 0) is 27.4 Å². The van der Waals surface area contributed by atoms with Gasteiger partial charge in [0.15, 0.2) is 5.69 Å². The molecule has 1 aliphatic carbocycles. The number of aromatic nitrogens is 2. The molecule has 0 radical (unpaired) electrons. The summed E-state index contributed by atoms with van der Waals surface area (Å²) >= 11 is 8.83. The van der Waals surface area contributed by atoms with Crippen molar-refractivity contribution in [2.75, 3.05) is 12.4 Å². The number of sulfone groups is 1. The molecule has 1 N–H and O–H groups in total. The number of benzene rings is 2. The summed E-state index contributed by atoms with van der Waals surface area (Å²) in [6.07, 6.45) is -3.28. The molecule has 1 aliphatic rings. The van der Waals surface area contributed by atoms with Crippen molar-refractivity contribution in [2.45, 2.75) is 41.3 Å². The third kappa shape index (κ3) is 5.49. The number of rotatable bonds is 7. The van der Waals surface area contributed by atoms with E-state index < -0.39 is 34.2 Å². The minimum absolute atomic E-state index is 0.0115. The lowest BCUT2D eigenvalue weighted by molar-refractivity contribution is -0.142. The molecule has 0 spiro atoms. The van der Waals surface area contributed by atoms with Gasteiger partial charge in [0.2, 0.25) is 15.7 Å². The number of hydrogen-bond acceptors (Lipinski definition) is 5. The van der Waals surface area contributed by atoms with Gasteiger partial charge in [0, 0.05) is 22.7 Å². The van der Waals surface area contributed by atoms with Crippen LogP contribution in [0.1, 0.15) is 30.1 Å². The Labute approximate surface area is 212 Å². The third-order valence-corrected chi connectivity index (χ3v) is 8.07. The maximum atomic E-state index is 13.3. The Morgan fingerprint density at radius 1 is 1.20 bits per heavy atom. The standard InChI is InChI=1S/C22H18BrClF3N3O4S/c1-34-15-8-14(9-17(10-15)35(32,33)16-6-4-13(24)5-7-16)28-18(31)11-30-20(12-2-3-12)19(23)21(29-30)22(25,26)27/h4-10,12H,2-3,11H2,1H3,(H,28,31). The van der Waals surface area contributed by atoms with Crippen molar-refractivity contribution < 1.29 is 31.1 Å². The van der Waals surface area contributed by atoms with Crippen molar-refractivity contribution in [3.05, 3.63) is 63.3 Å². The Morgan fingerprint density at radius 2 is 1.86 bits per heavy atom. The average Bonchev–Trinajstić information content (AvgIpc) is 3.56. The molecule has 13 heteroatoms.